The predicted molar refractivity (Wildman–Crippen MR) is 104 cm³/mol. The van der Waals surface area contributed by atoms with Gasteiger partial charge in [0, 0.05) is 12.6 Å². The van der Waals surface area contributed by atoms with Crippen molar-refractivity contribution in [2.45, 2.75) is 38.5 Å². The Kier molecular flexibility index (Phi) is 5.38. The fourth-order valence-corrected chi connectivity index (χ4v) is 4.20. The molecule has 1 aliphatic rings. The number of rotatable bonds is 6. The number of aromatic nitrogens is 2. The second-order valence-electron chi connectivity index (χ2n) is 6.78. The number of aliphatic hydroxyl groups excluding tert-OH is 1. The summed E-state index contributed by atoms with van der Waals surface area (Å²) >= 11 is 0.776. The molecule has 1 atom stereocenters. The SMILES string of the molecule is O=C(Nc1nc2cc(CO)ccc2n1CC1CCCN1)c1ccc(C(F)F)s1. The number of aliphatic hydroxyl groups is 1. The standard InChI is InChI=1S/C19H20F2N4O2S/c20-17(21)15-5-6-16(28-15)18(27)24-19-23-13-8-11(10-26)3-4-14(13)25(19)9-12-2-1-7-22-12/h3-6,8,12,17,22,26H,1-2,7,9-10H2,(H,23,24,27). The Morgan fingerprint density at radius 1 is 1.39 bits per heavy atom. The number of nitrogens with zero attached hydrogens (tertiary/aromatic N) is 2. The van der Waals surface area contributed by atoms with Gasteiger partial charge in [-0.3, -0.25) is 10.1 Å². The molecule has 1 fully saturated rings. The number of halogens is 2. The summed E-state index contributed by atoms with van der Waals surface area (Å²) in [6, 6.07) is 8.42. The van der Waals surface area contributed by atoms with Crippen LogP contribution >= 0.6 is 11.3 Å². The summed E-state index contributed by atoms with van der Waals surface area (Å²) in [5.41, 5.74) is 2.24. The zero-order valence-electron chi connectivity index (χ0n) is 15.0. The molecule has 3 aromatic rings. The van der Waals surface area contributed by atoms with E-state index in [4.69, 9.17) is 0 Å². The maximum Gasteiger partial charge on any atom is 0.272 e. The quantitative estimate of drug-likeness (QED) is 0.585. The highest BCUT2D eigenvalue weighted by atomic mass is 32.1. The second-order valence-corrected chi connectivity index (χ2v) is 7.89. The zero-order valence-corrected chi connectivity index (χ0v) is 15.8. The van der Waals surface area contributed by atoms with Gasteiger partial charge in [-0.25, -0.2) is 13.8 Å². The van der Waals surface area contributed by atoms with Crippen LogP contribution in [0.3, 0.4) is 0 Å². The van der Waals surface area contributed by atoms with E-state index in [9.17, 15) is 18.7 Å². The fourth-order valence-electron chi connectivity index (χ4n) is 3.44. The summed E-state index contributed by atoms with van der Waals surface area (Å²) in [7, 11) is 0. The lowest BCUT2D eigenvalue weighted by molar-refractivity contribution is 0.102. The fraction of sp³-hybridized carbons (Fsp3) is 0.368. The highest BCUT2D eigenvalue weighted by Crippen LogP contribution is 2.28. The summed E-state index contributed by atoms with van der Waals surface area (Å²) in [6.45, 7) is 1.50. The summed E-state index contributed by atoms with van der Waals surface area (Å²) in [6.07, 6.45) is -0.467. The summed E-state index contributed by atoms with van der Waals surface area (Å²) in [4.78, 5) is 17.2. The summed E-state index contributed by atoms with van der Waals surface area (Å²) in [5.74, 6) is -0.0917. The molecule has 0 aliphatic carbocycles. The number of nitrogens with one attached hydrogen (secondary N) is 2. The number of hydrogen-bond acceptors (Lipinski definition) is 5. The van der Waals surface area contributed by atoms with Gasteiger partial charge in [0.05, 0.1) is 27.4 Å². The molecule has 3 heterocycles. The first-order valence-electron chi connectivity index (χ1n) is 9.08. The molecule has 6 nitrogen and oxygen atoms in total. The molecule has 1 aliphatic heterocycles. The van der Waals surface area contributed by atoms with E-state index in [1.165, 1.54) is 12.1 Å². The van der Waals surface area contributed by atoms with Gasteiger partial charge in [-0.05, 0) is 49.2 Å². The Bertz CT molecular complexity index is 995. The molecule has 0 spiro atoms. The van der Waals surface area contributed by atoms with E-state index in [0.717, 1.165) is 41.8 Å². The van der Waals surface area contributed by atoms with Crippen molar-refractivity contribution < 1.29 is 18.7 Å². The molecule has 0 bridgehead atoms. The number of alkyl halides is 2. The molecule has 2 aromatic heterocycles. The molecule has 1 amide bonds. The average molecular weight is 406 g/mol. The highest BCUT2D eigenvalue weighted by Gasteiger charge is 2.21. The van der Waals surface area contributed by atoms with Crippen molar-refractivity contribution in [3.8, 4) is 0 Å². The minimum Gasteiger partial charge on any atom is -0.392 e. The molecule has 9 heteroatoms. The molecule has 1 aromatic carbocycles. The lowest BCUT2D eigenvalue weighted by Crippen LogP contribution is -2.28. The molecule has 3 N–H and O–H groups in total. The van der Waals surface area contributed by atoms with Gasteiger partial charge in [-0.15, -0.1) is 11.3 Å². The van der Waals surface area contributed by atoms with E-state index in [2.05, 4.69) is 15.6 Å². The third-order valence-electron chi connectivity index (χ3n) is 4.85. The molecule has 1 unspecified atom stereocenters. The third kappa shape index (κ3) is 3.78. The maximum absolute atomic E-state index is 12.8. The van der Waals surface area contributed by atoms with Crippen molar-refractivity contribution in [1.82, 2.24) is 14.9 Å². The lowest BCUT2D eigenvalue weighted by atomic mass is 10.2. The monoisotopic (exact) mass is 406 g/mol. The van der Waals surface area contributed by atoms with Crippen molar-refractivity contribution in [3.63, 3.8) is 0 Å². The van der Waals surface area contributed by atoms with Crippen molar-refractivity contribution >= 4 is 34.2 Å². The normalized spacial score (nSPS) is 16.9. The van der Waals surface area contributed by atoms with Crippen molar-refractivity contribution in [1.29, 1.82) is 0 Å². The van der Waals surface area contributed by atoms with Crippen LogP contribution in [0.2, 0.25) is 0 Å². The smallest absolute Gasteiger partial charge is 0.272 e. The molecule has 148 valence electrons. The van der Waals surface area contributed by atoms with E-state index in [0.29, 0.717) is 18.0 Å². The van der Waals surface area contributed by atoms with Gasteiger partial charge >= 0.3 is 0 Å². The third-order valence-corrected chi connectivity index (χ3v) is 5.94. The molecule has 1 saturated heterocycles. The van der Waals surface area contributed by atoms with Crippen molar-refractivity contribution in [2.24, 2.45) is 0 Å². The number of thiophene rings is 1. The molecular weight excluding hydrogens is 386 g/mol. The number of benzene rings is 1. The van der Waals surface area contributed by atoms with Crippen LogP contribution < -0.4 is 10.6 Å². The highest BCUT2D eigenvalue weighted by molar-refractivity contribution is 7.14. The Morgan fingerprint density at radius 2 is 2.25 bits per heavy atom. The maximum atomic E-state index is 12.8. The van der Waals surface area contributed by atoms with Gasteiger partial charge < -0.3 is 15.0 Å². The molecular formula is C19H20F2N4O2S. The largest absolute Gasteiger partial charge is 0.392 e. The first-order chi connectivity index (χ1) is 13.5. The van der Waals surface area contributed by atoms with Gasteiger partial charge in [0.25, 0.3) is 12.3 Å². The molecule has 0 saturated carbocycles. The van der Waals surface area contributed by atoms with Gasteiger partial charge in [-0.2, -0.15) is 0 Å². The number of imidazole rings is 1. The van der Waals surface area contributed by atoms with Gasteiger partial charge in [-0.1, -0.05) is 6.07 Å². The number of carbonyl (C=O) groups is 1. The number of anilines is 1. The van der Waals surface area contributed by atoms with Crippen molar-refractivity contribution in [3.05, 3.63) is 45.6 Å². The van der Waals surface area contributed by atoms with Gasteiger partial charge in [0.2, 0.25) is 5.95 Å². The van der Waals surface area contributed by atoms with Crippen LogP contribution in [0, 0.1) is 0 Å². The van der Waals surface area contributed by atoms with Crippen LogP contribution in [0.1, 0.15) is 39.4 Å². The van der Waals surface area contributed by atoms with E-state index in [-0.39, 0.29) is 22.4 Å². The van der Waals surface area contributed by atoms with E-state index in [1.54, 1.807) is 6.07 Å². The Morgan fingerprint density at radius 3 is 2.93 bits per heavy atom. The van der Waals surface area contributed by atoms with Crippen LogP contribution in [0.5, 0.6) is 0 Å². The first-order valence-corrected chi connectivity index (χ1v) is 9.89. The van der Waals surface area contributed by atoms with Crippen LogP contribution in [0.25, 0.3) is 11.0 Å². The minimum atomic E-state index is -2.60. The first kappa shape index (κ1) is 19.0. The number of carbonyl (C=O) groups excluding carboxylic acids is 1. The molecule has 28 heavy (non-hydrogen) atoms. The van der Waals surface area contributed by atoms with Crippen LogP contribution in [0.15, 0.2) is 30.3 Å². The van der Waals surface area contributed by atoms with Crippen LogP contribution in [-0.2, 0) is 13.2 Å². The summed E-state index contributed by atoms with van der Waals surface area (Å²) < 4.78 is 27.5. The minimum absolute atomic E-state index is 0.0970. The number of fused-ring (bicyclic) bond motifs is 1. The van der Waals surface area contributed by atoms with Crippen LogP contribution in [0.4, 0.5) is 14.7 Å². The number of amides is 1. The van der Waals surface area contributed by atoms with Gasteiger partial charge in [0.1, 0.15) is 0 Å². The lowest BCUT2D eigenvalue weighted by Gasteiger charge is -2.15. The summed E-state index contributed by atoms with van der Waals surface area (Å²) in [5, 5.41) is 15.6. The van der Waals surface area contributed by atoms with E-state index < -0.39 is 12.3 Å². The average Bonchev–Trinajstić information content (AvgIpc) is 3.42. The van der Waals surface area contributed by atoms with E-state index in [1.807, 2.05) is 16.7 Å². The topological polar surface area (TPSA) is 79.2 Å². The van der Waals surface area contributed by atoms with Gasteiger partial charge in [0.15, 0.2) is 0 Å². The zero-order chi connectivity index (χ0) is 19.7. The Labute approximate surface area is 164 Å². The van der Waals surface area contributed by atoms with E-state index >= 15 is 0 Å². The Balaban J connectivity index is 1.66. The number of hydrogen-bond donors (Lipinski definition) is 3. The Hall–Kier alpha value is -2.36. The second kappa shape index (κ2) is 7.94. The van der Waals surface area contributed by atoms with Crippen molar-refractivity contribution in [2.75, 3.05) is 11.9 Å². The predicted octanol–water partition coefficient (Wildman–Crippen LogP) is 3.53. The molecule has 0 radical (unpaired) electrons. The molecule has 4 rings (SSSR count). The van der Waals surface area contributed by atoms with Crippen LogP contribution in [-0.4, -0.2) is 33.2 Å².